The standard InChI is InChI=1S/C20H26N4O4S.HI/c1-5-26-19(25)17-12(2)23-18(29-17)13(3)24-20(21-4)22-9-8-14-6-7-15-16(10-14)28-11-27-15;/h6-7,10,13H,5,8-9,11H2,1-4H3,(H2,21,22,24);1H. The quantitative estimate of drug-likeness (QED) is 0.238. The first-order chi connectivity index (χ1) is 14.0. The Morgan fingerprint density at radius 2 is 2.13 bits per heavy atom. The molecule has 1 aliphatic heterocycles. The Kier molecular flexibility index (Phi) is 9.15. The molecule has 0 fully saturated rings. The fourth-order valence-corrected chi connectivity index (χ4v) is 3.83. The number of hydrogen-bond donors (Lipinski definition) is 2. The number of hydrogen-bond acceptors (Lipinski definition) is 7. The van der Waals surface area contributed by atoms with Crippen molar-refractivity contribution in [3.05, 3.63) is 39.3 Å². The Morgan fingerprint density at radius 1 is 1.37 bits per heavy atom. The lowest BCUT2D eigenvalue weighted by Crippen LogP contribution is -2.39. The Bertz CT molecular complexity index is 903. The summed E-state index contributed by atoms with van der Waals surface area (Å²) in [6, 6.07) is 5.86. The SMILES string of the molecule is CCOC(=O)c1sc(C(C)NC(=NC)NCCc2ccc3c(c2)OCO3)nc1C.I. The van der Waals surface area contributed by atoms with Crippen molar-refractivity contribution in [2.24, 2.45) is 4.99 Å². The van der Waals surface area contributed by atoms with Gasteiger partial charge >= 0.3 is 5.97 Å². The highest BCUT2D eigenvalue weighted by atomic mass is 127. The molecular weight excluding hydrogens is 519 g/mol. The van der Waals surface area contributed by atoms with Crippen LogP contribution in [0, 0.1) is 6.92 Å². The maximum absolute atomic E-state index is 12.0. The van der Waals surface area contributed by atoms with Gasteiger partial charge in [-0.1, -0.05) is 6.07 Å². The molecule has 164 valence electrons. The monoisotopic (exact) mass is 546 g/mol. The lowest BCUT2D eigenvalue weighted by Gasteiger charge is -2.16. The number of nitrogens with one attached hydrogen (secondary N) is 2. The van der Waals surface area contributed by atoms with Crippen molar-refractivity contribution in [1.29, 1.82) is 0 Å². The number of esters is 1. The summed E-state index contributed by atoms with van der Waals surface area (Å²) in [7, 11) is 1.72. The number of nitrogens with zero attached hydrogens (tertiary/aromatic N) is 2. The van der Waals surface area contributed by atoms with Gasteiger partial charge in [-0.15, -0.1) is 35.3 Å². The first kappa shape index (κ1) is 24.2. The summed E-state index contributed by atoms with van der Waals surface area (Å²) in [5.41, 5.74) is 1.84. The molecule has 1 unspecified atom stereocenters. The van der Waals surface area contributed by atoms with E-state index in [0.29, 0.717) is 29.7 Å². The van der Waals surface area contributed by atoms with E-state index in [1.165, 1.54) is 11.3 Å². The molecule has 0 saturated heterocycles. The molecule has 0 saturated carbocycles. The zero-order valence-corrected chi connectivity index (χ0v) is 20.6. The highest BCUT2D eigenvalue weighted by Crippen LogP contribution is 2.32. The number of aliphatic imine (C=N–C) groups is 1. The summed E-state index contributed by atoms with van der Waals surface area (Å²) in [5, 5.41) is 7.42. The topological polar surface area (TPSA) is 94.1 Å². The van der Waals surface area contributed by atoms with Crippen molar-refractivity contribution in [2.45, 2.75) is 33.2 Å². The molecule has 1 aromatic carbocycles. The van der Waals surface area contributed by atoms with Gasteiger partial charge in [0.25, 0.3) is 0 Å². The number of aromatic nitrogens is 1. The van der Waals surface area contributed by atoms with Crippen LogP contribution in [0.15, 0.2) is 23.2 Å². The van der Waals surface area contributed by atoms with Gasteiger partial charge in [0, 0.05) is 13.6 Å². The Morgan fingerprint density at radius 3 is 2.87 bits per heavy atom. The molecule has 0 bridgehead atoms. The van der Waals surface area contributed by atoms with E-state index >= 15 is 0 Å². The van der Waals surface area contributed by atoms with Crippen LogP contribution in [-0.2, 0) is 11.2 Å². The Balaban J connectivity index is 0.00000320. The van der Waals surface area contributed by atoms with Gasteiger partial charge in [0.05, 0.1) is 18.3 Å². The Labute approximate surface area is 197 Å². The zero-order valence-electron chi connectivity index (χ0n) is 17.5. The van der Waals surface area contributed by atoms with Crippen molar-refractivity contribution in [2.75, 3.05) is 27.0 Å². The lowest BCUT2D eigenvalue weighted by atomic mass is 10.1. The normalized spacial score (nSPS) is 13.4. The van der Waals surface area contributed by atoms with Crippen molar-refractivity contribution >= 4 is 47.2 Å². The van der Waals surface area contributed by atoms with Crippen LogP contribution in [0.3, 0.4) is 0 Å². The summed E-state index contributed by atoms with van der Waals surface area (Å²) in [4.78, 5) is 21.3. The summed E-state index contributed by atoms with van der Waals surface area (Å²) in [6.07, 6.45) is 0.815. The predicted molar refractivity (Wildman–Crippen MR) is 127 cm³/mol. The van der Waals surface area contributed by atoms with Crippen LogP contribution in [0.5, 0.6) is 11.5 Å². The van der Waals surface area contributed by atoms with Crippen molar-refractivity contribution < 1.29 is 19.0 Å². The van der Waals surface area contributed by atoms with E-state index in [4.69, 9.17) is 14.2 Å². The second kappa shape index (κ2) is 11.3. The van der Waals surface area contributed by atoms with Crippen LogP contribution in [0.2, 0.25) is 0 Å². The number of benzene rings is 1. The van der Waals surface area contributed by atoms with Gasteiger partial charge in [-0.2, -0.15) is 0 Å². The van der Waals surface area contributed by atoms with Crippen molar-refractivity contribution in [3.63, 3.8) is 0 Å². The van der Waals surface area contributed by atoms with Gasteiger partial charge in [-0.05, 0) is 44.9 Å². The van der Waals surface area contributed by atoms with Gasteiger partial charge in [0.2, 0.25) is 6.79 Å². The predicted octanol–water partition coefficient (Wildman–Crippen LogP) is 3.44. The lowest BCUT2D eigenvalue weighted by molar-refractivity contribution is 0.0531. The van der Waals surface area contributed by atoms with Gasteiger partial charge in [0.1, 0.15) is 9.88 Å². The molecule has 10 heteroatoms. The van der Waals surface area contributed by atoms with Crippen LogP contribution in [0.1, 0.15) is 45.8 Å². The van der Waals surface area contributed by atoms with E-state index in [-0.39, 0.29) is 42.8 Å². The second-order valence-corrected chi connectivity index (χ2v) is 7.52. The maximum atomic E-state index is 12.0. The molecule has 30 heavy (non-hydrogen) atoms. The number of halogens is 1. The summed E-state index contributed by atoms with van der Waals surface area (Å²) >= 11 is 1.34. The molecule has 8 nitrogen and oxygen atoms in total. The fourth-order valence-electron chi connectivity index (χ4n) is 2.87. The number of thiazole rings is 1. The molecule has 1 atom stereocenters. The van der Waals surface area contributed by atoms with Crippen LogP contribution >= 0.6 is 35.3 Å². The minimum atomic E-state index is -0.327. The highest BCUT2D eigenvalue weighted by molar-refractivity contribution is 14.0. The Hall–Kier alpha value is -2.08. The summed E-state index contributed by atoms with van der Waals surface area (Å²) in [5.74, 6) is 1.92. The molecular formula is C20H27IN4O4S. The molecule has 3 rings (SSSR count). The van der Waals surface area contributed by atoms with Crippen LogP contribution in [0.25, 0.3) is 0 Å². The third-order valence-electron chi connectivity index (χ3n) is 4.36. The van der Waals surface area contributed by atoms with E-state index < -0.39 is 0 Å². The smallest absolute Gasteiger partial charge is 0.350 e. The van der Waals surface area contributed by atoms with Crippen LogP contribution < -0.4 is 20.1 Å². The third kappa shape index (κ3) is 5.97. The number of ether oxygens (including phenoxy) is 3. The maximum Gasteiger partial charge on any atom is 0.350 e. The zero-order chi connectivity index (χ0) is 20.8. The molecule has 1 aromatic heterocycles. The van der Waals surface area contributed by atoms with Gasteiger partial charge in [0.15, 0.2) is 17.5 Å². The molecule has 0 amide bonds. The molecule has 2 aromatic rings. The first-order valence-electron chi connectivity index (χ1n) is 9.52. The molecule has 2 N–H and O–H groups in total. The molecule has 1 aliphatic rings. The number of carbonyl (C=O) groups is 1. The average Bonchev–Trinajstić information content (AvgIpc) is 3.33. The van der Waals surface area contributed by atoms with E-state index in [0.717, 1.165) is 28.5 Å². The highest BCUT2D eigenvalue weighted by Gasteiger charge is 2.20. The summed E-state index contributed by atoms with van der Waals surface area (Å²) in [6.45, 7) is 6.92. The number of rotatable bonds is 7. The summed E-state index contributed by atoms with van der Waals surface area (Å²) < 4.78 is 15.8. The number of aryl methyl sites for hydroxylation is 1. The molecule has 2 heterocycles. The number of guanidine groups is 1. The van der Waals surface area contributed by atoms with Crippen LogP contribution in [-0.4, -0.2) is 43.9 Å². The largest absolute Gasteiger partial charge is 0.462 e. The van der Waals surface area contributed by atoms with Gasteiger partial charge in [-0.3, -0.25) is 4.99 Å². The minimum Gasteiger partial charge on any atom is -0.462 e. The minimum absolute atomic E-state index is 0. The second-order valence-electron chi connectivity index (χ2n) is 6.49. The third-order valence-corrected chi connectivity index (χ3v) is 5.68. The van der Waals surface area contributed by atoms with E-state index in [2.05, 4.69) is 20.6 Å². The van der Waals surface area contributed by atoms with Crippen LogP contribution in [0.4, 0.5) is 0 Å². The van der Waals surface area contributed by atoms with E-state index in [1.807, 2.05) is 32.0 Å². The van der Waals surface area contributed by atoms with Crippen molar-refractivity contribution in [3.8, 4) is 11.5 Å². The molecule has 0 radical (unpaired) electrons. The molecule has 0 aliphatic carbocycles. The van der Waals surface area contributed by atoms with E-state index in [9.17, 15) is 4.79 Å². The fraction of sp³-hybridized carbons (Fsp3) is 0.450. The van der Waals surface area contributed by atoms with Crippen molar-refractivity contribution in [1.82, 2.24) is 15.6 Å². The number of fused-ring (bicyclic) bond motifs is 1. The number of carbonyl (C=O) groups excluding carboxylic acids is 1. The van der Waals surface area contributed by atoms with Gasteiger partial charge < -0.3 is 24.8 Å². The van der Waals surface area contributed by atoms with Gasteiger partial charge in [-0.25, -0.2) is 9.78 Å². The average molecular weight is 546 g/mol. The first-order valence-corrected chi connectivity index (χ1v) is 10.3. The van der Waals surface area contributed by atoms with E-state index in [1.54, 1.807) is 14.0 Å². The molecule has 0 spiro atoms.